The smallest absolute Gasteiger partial charge is 0.0193 e. The van der Waals surface area contributed by atoms with Crippen LogP contribution in [0.1, 0.15) is 13.8 Å². The molecule has 1 heterocycles. The van der Waals surface area contributed by atoms with Gasteiger partial charge in [-0.25, -0.2) is 0 Å². The number of rotatable bonds is 5. The molecule has 0 radical (unpaired) electrons. The first-order valence-corrected chi connectivity index (χ1v) is 5.61. The fraction of sp³-hybridized carbons (Fsp3) is 1.00. The molecular weight excluding hydrogens is 176 g/mol. The summed E-state index contributed by atoms with van der Waals surface area (Å²) in [4.78, 5) is 2.52. The van der Waals surface area contributed by atoms with Crippen LogP contribution in [0.4, 0.5) is 0 Å². The second-order valence-electron chi connectivity index (χ2n) is 4.27. The van der Waals surface area contributed by atoms with Gasteiger partial charge in [-0.1, -0.05) is 0 Å². The Kier molecular flexibility index (Phi) is 5.40. The molecule has 0 aliphatic carbocycles. The Labute approximate surface area is 87.2 Å². The van der Waals surface area contributed by atoms with Crippen molar-refractivity contribution in [2.75, 3.05) is 39.3 Å². The summed E-state index contributed by atoms with van der Waals surface area (Å²) in [6.45, 7) is 10.8. The molecule has 1 aliphatic rings. The molecule has 1 aliphatic heterocycles. The van der Waals surface area contributed by atoms with Gasteiger partial charge in [-0.15, -0.1) is 0 Å². The Morgan fingerprint density at radius 2 is 2.43 bits per heavy atom. The average molecular weight is 200 g/mol. The van der Waals surface area contributed by atoms with E-state index in [1.165, 1.54) is 6.54 Å². The highest BCUT2D eigenvalue weighted by molar-refractivity contribution is 4.76. The second-order valence-corrected chi connectivity index (χ2v) is 4.27. The molecule has 0 aromatic rings. The third-order valence-corrected chi connectivity index (χ3v) is 2.68. The lowest BCUT2D eigenvalue weighted by Gasteiger charge is -2.33. The molecule has 14 heavy (non-hydrogen) atoms. The van der Waals surface area contributed by atoms with E-state index in [4.69, 9.17) is 5.73 Å². The summed E-state index contributed by atoms with van der Waals surface area (Å²) in [5, 5.41) is 6.76. The number of nitrogens with one attached hydrogen (secondary N) is 2. The van der Waals surface area contributed by atoms with Gasteiger partial charge >= 0.3 is 0 Å². The van der Waals surface area contributed by atoms with Crippen LogP contribution in [-0.4, -0.2) is 56.3 Å². The summed E-state index contributed by atoms with van der Waals surface area (Å²) >= 11 is 0. The predicted molar refractivity (Wildman–Crippen MR) is 60.4 cm³/mol. The van der Waals surface area contributed by atoms with E-state index in [2.05, 4.69) is 22.5 Å². The van der Waals surface area contributed by atoms with Crippen molar-refractivity contribution < 1.29 is 0 Å². The highest BCUT2D eigenvalue weighted by Gasteiger charge is 2.16. The fourth-order valence-corrected chi connectivity index (χ4v) is 1.77. The van der Waals surface area contributed by atoms with Crippen LogP contribution in [0.3, 0.4) is 0 Å². The van der Waals surface area contributed by atoms with Gasteiger partial charge in [0.1, 0.15) is 0 Å². The molecule has 84 valence electrons. The van der Waals surface area contributed by atoms with Crippen LogP contribution in [-0.2, 0) is 0 Å². The van der Waals surface area contributed by atoms with Crippen LogP contribution in [0.5, 0.6) is 0 Å². The number of hydrogen-bond acceptors (Lipinski definition) is 4. The quantitative estimate of drug-likeness (QED) is 0.510. The molecule has 4 heteroatoms. The summed E-state index contributed by atoms with van der Waals surface area (Å²) in [7, 11) is 0. The lowest BCUT2D eigenvalue weighted by Crippen LogP contribution is -2.51. The van der Waals surface area contributed by atoms with E-state index < -0.39 is 0 Å². The van der Waals surface area contributed by atoms with Crippen molar-refractivity contribution in [2.45, 2.75) is 25.9 Å². The zero-order valence-electron chi connectivity index (χ0n) is 9.42. The van der Waals surface area contributed by atoms with Crippen LogP contribution < -0.4 is 16.4 Å². The van der Waals surface area contributed by atoms with Crippen molar-refractivity contribution in [2.24, 2.45) is 5.73 Å². The number of nitrogens with zero attached hydrogens (tertiary/aromatic N) is 1. The maximum atomic E-state index is 5.65. The second kappa shape index (κ2) is 6.35. The standard InChI is InChI=1S/C10H24N4/c1-9(11)7-12-3-5-14-6-4-13-8-10(14)2/h9-10,12-13H,3-8,11H2,1-2H3/t9-,10-/m0/s1. The minimum absolute atomic E-state index is 0.260. The molecule has 0 unspecified atom stereocenters. The fourth-order valence-electron chi connectivity index (χ4n) is 1.77. The molecule has 1 saturated heterocycles. The molecule has 1 fully saturated rings. The van der Waals surface area contributed by atoms with E-state index in [1.807, 2.05) is 6.92 Å². The van der Waals surface area contributed by atoms with Gasteiger partial charge in [0.15, 0.2) is 0 Å². The van der Waals surface area contributed by atoms with Crippen LogP contribution >= 0.6 is 0 Å². The molecule has 4 nitrogen and oxygen atoms in total. The van der Waals surface area contributed by atoms with Gasteiger partial charge in [-0.2, -0.15) is 0 Å². The Balaban J connectivity index is 2.04. The summed E-state index contributed by atoms with van der Waals surface area (Å²) < 4.78 is 0. The average Bonchev–Trinajstić information content (AvgIpc) is 2.15. The molecule has 0 aromatic carbocycles. The molecule has 0 bridgehead atoms. The van der Waals surface area contributed by atoms with E-state index in [0.717, 1.165) is 32.7 Å². The minimum atomic E-state index is 0.260. The highest BCUT2D eigenvalue weighted by atomic mass is 15.2. The summed E-state index contributed by atoms with van der Waals surface area (Å²) in [5.41, 5.74) is 5.65. The van der Waals surface area contributed by atoms with Gasteiger partial charge < -0.3 is 16.4 Å². The van der Waals surface area contributed by atoms with Crippen molar-refractivity contribution in [1.82, 2.24) is 15.5 Å². The van der Waals surface area contributed by atoms with Crippen molar-refractivity contribution in [3.05, 3.63) is 0 Å². The molecular formula is C10H24N4. The zero-order chi connectivity index (χ0) is 10.4. The van der Waals surface area contributed by atoms with Gasteiger partial charge in [0.2, 0.25) is 0 Å². The van der Waals surface area contributed by atoms with Crippen molar-refractivity contribution in [3.8, 4) is 0 Å². The normalized spacial score (nSPS) is 26.4. The summed E-state index contributed by atoms with van der Waals surface area (Å²) in [6, 6.07) is 0.927. The van der Waals surface area contributed by atoms with E-state index >= 15 is 0 Å². The van der Waals surface area contributed by atoms with E-state index in [-0.39, 0.29) is 6.04 Å². The van der Waals surface area contributed by atoms with Gasteiger partial charge in [0.25, 0.3) is 0 Å². The Morgan fingerprint density at radius 1 is 1.64 bits per heavy atom. The summed E-state index contributed by atoms with van der Waals surface area (Å²) in [6.07, 6.45) is 0. The third kappa shape index (κ3) is 4.37. The Bertz CT molecular complexity index is 149. The van der Waals surface area contributed by atoms with Crippen LogP contribution in [0.15, 0.2) is 0 Å². The SMILES string of the molecule is C[C@H](N)CNCCN1CCNC[C@@H]1C. The molecule has 0 amide bonds. The van der Waals surface area contributed by atoms with E-state index in [9.17, 15) is 0 Å². The van der Waals surface area contributed by atoms with Crippen LogP contribution in [0, 0.1) is 0 Å². The molecule has 1 rings (SSSR count). The Morgan fingerprint density at radius 3 is 3.07 bits per heavy atom. The molecule has 4 N–H and O–H groups in total. The Hall–Kier alpha value is -0.160. The van der Waals surface area contributed by atoms with Gasteiger partial charge in [0.05, 0.1) is 0 Å². The van der Waals surface area contributed by atoms with Gasteiger partial charge in [-0.05, 0) is 13.8 Å². The lowest BCUT2D eigenvalue weighted by molar-refractivity contribution is 0.174. The van der Waals surface area contributed by atoms with Crippen molar-refractivity contribution >= 4 is 0 Å². The monoisotopic (exact) mass is 200 g/mol. The van der Waals surface area contributed by atoms with Crippen LogP contribution in [0.25, 0.3) is 0 Å². The van der Waals surface area contributed by atoms with Gasteiger partial charge in [0, 0.05) is 51.4 Å². The molecule has 0 saturated carbocycles. The topological polar surface area (TPSA) is 53.3 Å². The molecule has 0 aromatic heterocycles. The van der Waals surface area contributed by atoms with Crippen molar-refractivity contribution in [1.29, 1.82) is 0 Å². The molecule has 0 spiro atoms. The van der Waals surface area contributed by atoms with E-state index in [0.29, 0.717) is 6.04 Å². The third-order valence-electron chi connectivity index (χ3n) is 2.68. The number of nitrogens with two attached hydrogens (primary N) is 1. The molecule has 2 atom stereocenters. The maximum absolute atomic E-state index is 5.65. The highest BCUT2D eigenvalue weighted by Crippen LogP contribution is 2.00. The van der Waals surface area contributed by atoms with Crippen molar-refractivity contribution in [3.63, 3.8) is 0 Å². The minimum Gasteiger partial charge on any atom is -0.327 e. The summed E-state index contributed by atoms with van der Waals surface area (Å²) in [5.74, 6) is 0. The first kappa shape index (κ1) is 11.9. The lowest BCUT2D eigenvalue weighted by atomic mass is 10.2. The van der Waals surface area contributed by atoms with Gasteiger partial charge in [-0.3, -0.25) is 4.90 Å². The maximum Gasteiger partial charge on any atom is 0.0193 e. The number of piperazine rings is 1. The van der Waals surface area contributed by atoms with Crippen LogP contribution in [0.2, 0.25) is 0 Å². The first-order valence-electron chi connectivity index (χ1n) is 5.61. The number of hydrogen-bond donors (Lipinski definition) is 3. The largest absolute Gasteiger partial charge is 0.327 e. The zero-order valence-corrected chi connectivity index (χ0v) is 9.42. The first-order chi connectivity index (χ1) is 6.70. The predicted octanol–water partition coefficient (Wildman–Crippen LogP) is -0.783. The van der Waals surface area contributed by atoms with E-state index in [1.54, 1.807) is 0 Å².